The molecular formula is C29H22BrCl2NO5. The Morgan fingerprint density at radius 3 is 2.42 bits per heavy atom. The number of hydrogen-bond acceptors (Lipinski definition) is 6. The number of esters is 1. The molecule has 5 rings (SSSR count). The molecule has 1 atom stereocenters. The van der Waals surface area contributed by atoms with Crippen LogP contribution in [0.15, 0.2) is 75.9 Å². The topological polar surface area (TPSA) is 73.9 Å². The third-order valence-electron chi connectivity index (χ3n) is 6.63. The molecule has 0 spiro atoms. The standard InChI is InChI=1S/C29H22BrCl2NO5/c1-14-24(29(35)37-3)25(26-27(33-14)16-6-4-5-7-17(16)28(26)34)18-11-22(36-2)23(12-19(18)30)38-13-15-8-9-20(31)21(32)10-15/h4-12,25,33H,13H2,1-3H3/t25-/m0/s1. The van der Waals surface area contributed by atoms with E-state index in [0.29, 0.717) is 59.7 Å². The lowest BCUT2D eigenvalue weighted by atomic mass is 9.79. The van der Waals surface area contributed by atoms with E-state index in [4.69, 9.17) is 37.4 Å². The van der Waals surface area contributed by atoms with E-state index in [0.717, 1.165) is 11.1 Å². The van der Waals surface area contributed by atoms with Crippen LogP contribution in [-0.4, -0.2) is 26.0 Å². The number of carbonyl (C=O) groups excluding carboxylic acids is 2. The number of allylic oxidation sites excluding steroid dienone is 2. The van der Waals surface area contributed by atoms with Crippen LogP contribution in [0.25, 0.3) is 5.70 Å². The summed E-state index contributed by atoms with van der Waals surface area (Å²) in [4.78, 5) is 26.7. The quantitative estimate of drug-likeness (QED) is 0.299. The van der Waals surface area contributed by atoms with Crippen molar-refractivity contribution in [2.75, 3.05) is 14.2 Å². The highest BCUT2D eigenvalue weighted by molar-refractivity contribution is 9.10. The summed E-state index contributed by atoms with van der Waals surface area (Å²) >= 11 is 15.8. The lowest BCUT2D eigenvalue weighted by Gasteiger charge is -2.30. The van der Waals surface area contributed by atoms with Gasteiger partial charge in [-0.1, -0.05) is 69.5 Å². The molecule has 0 bridgehead atoms. The van der Waals surface area contributed by atoms with Gasteiger partial charge in [0.1, 0.15) is 6.61 Å². The lowest BCUT2D eigenvalue weighted by molar-refractivity contribution is -0.136. The van der Waals surface area contributed by atoms with Gasteiger partial charge in [0.2, 0.25) is 0 Å². The Kier molecular flexibility index (Phi) is 7.27. The SMILES string of the molecule is COC(=O)C1=C(C)NC2=C(C(=O)c3ccccc32)[C@H]1c1cc(OC)c(OCc2ccc(Cl)c(Cl)c2)cc1Br. The average molecular weight is 615 g/mol. The van der Waals surface area contributed by atoms with Crippen LogP contribution in [0.2, 0.25) is 10.0 Å². The predicted octanol–water partition coefficient (Wildman–Crippen LogP) is 7.08. The summed E-state index contributed by atoms with van der Waals surface area (Å²) in [5.74, 6) is -0.465. The Morgan fingerprint density at radius 1 is 1.00 bits per heavy atom. The van der Waals surface area contributed by atoms with Crippen LogP contribution in [0.4, 0.5) is 0 Å². The minimum atomic E-state index is -0.703. The Labute approximate surface area is 238 Å². The van der Waals surface area contributed by atoms with Crippen molar-refractivity contribution in [3.05, 3.63) is 108 Å². The number of carbonyl (C=O) groups is 2. The molecule has 2 aliphatic rings. The third kappa shape index (κ3) is 4.49. The lowest BCUT2D eigenvalue weighted by Crippen LogP contribution is -2.29. The molecule has 0 unspecified atom stereocenters. The van der Waals surface area contributed by atoms with E-state index >= 15 is 0 Å². The predicted molar refractivity (Wildman–Crippen MR) is 150 cm³/mol. The van der Waals surface area contributed by atoms with Gasteiger partial charge in [-0.3, -0.25) is 4.79 Å². The number of nitrogens with one attached hydrogen (secondary N) is 1. The first-order chi connectivity index (χ1) is 18.2. The smallest absolute Gasteiger partial charge is 0.336 e. The molecule has 0 saturated carbocycles. The summed E-state index contributed by atoms with van der Waals surface area (Å²) in [6, 6.07) is 16.2. The summed E-state index contributed by atoms with van der Waals surface area (Å²) in [6.07, 6.45) is 0. The second kappa shape index (κ2) is 10.5. The van der Waals surface area contributed by atoms with Gasteiger partial charge >= 0.3 is 5.97 Å². The molecule has 1 N–H and O–H groups in total. The second-order valence-corrected chi connectivity index (χ2v) is 10.5. The molecule has 3 aromatic rings. The number of methoxy groups -OCH3 is 2. The zero-order valence-corrected chi connectivity index (χ0v) is 23.8. The maximum atomic E-state index is 13.7. The van der Waals surface area contributed by atoms with Crippen molar-refractivity contribution in [2.45, 2.75) is 19.4 Å². The average Bonchev–Trinajstić information content (AvgIpc) is 3.19. The molecule has 0 amide bonds. The van der Waals surface area contributed by atoms with Crippen molar-refractivity contribution in [1.29, 1.82) is 0 Å². The number of benzene rings is 3. The van der Waals surface area contributed by atoms with Crippen LogP contribution in [0.5, 0.6) is 11.5 Å². The van der Waals surface area contributed by atoms with E-state index in [1.807, 2.05) is 24.3 Å². The maximum Gasteiger partial charge on any atom is 0.336 e. The molecule has 0 aromatic heterocycles. The number of ether oxygens (including phenoxy) is 3. The van der Waals surface area contributed by atoms with Crippen LogP contribution >= 0.6 is 39.1 Å². The van der Waals surface area contributed by atoms with E-state index in [-0.39, 0.29) is 12.4 Å². The number of Topliss-reactive ketones (excluding diaryl/α,β-unsaturated/α-hetero) is 1. The normalized spacial score (nSPS) is 16.2. The fourth-order valence-corrected chi connectivity index (χ4v) is 5.73. The van der Waals surface area contributed by atoms with Crippen molar-refractivity contribution in [3.63, 3.8) is 0 Å². The molecule has 38 heavy (non-hydrogen) atoms. The maximum absolute atomic E-state index is 13.7. The van der Waals surface area contributed by atoms with Crippen LogP contribution in [0, 0.1) is 0 Å². The molecule has 0 saturated heterocycles. The monoisotopic (exact) mass is 613 g/mol. The molecule has 1 aliphatic heterocycles. The van der Waals surface area contributed by atoms with E-state index in [1.54, 1.807) is 37.3 Å². The summed E-state index contributed by atoms with van der Waals surface area (Å²) in [5, 5.41) is 4.18. The number of dihydropyridines is 1. The number of rotatable bonds is 6. The Balaban J connectivity index is 1.59. The molecule has 0 radical (unpaired) electrons. The number of halogens is 3. The fraction of sp³-hybridized carbons (Fsp3) is 0.172. The van der Waals surface area contributed by atoms with Gasteiger partial charge in [-0.15, -0.1) is 0 Å². The molecule has 3 aromatic carbocycles. The molecule has 1 aliphatic carbocycles. The zero-order valence-electron chi connectivity index (χ0n) is 20.7. The van der Waals surface area contributed by atoms with Crippen LogP contribution < -0.4 is 14.8 Å². The number of ketones is 1. The molecule has 194 valence electrons. The highest BCUT2D eigenvalue weighted by Gasteiger charge is 2.43. The largest absolute Gasteiger partial charge is 0.493 e. The first-order valence-corrected chi connectivity index (χ1v) is 13.2. The van der Waals surface area contributed by atoms with Gasteiger partial charge in [0.25, 0.3) is 0 Å². The molecule has 6 nitrogen and oxygen atoms in total. The van der Waals surface area contributed by atoms with E-state index in [1.165, 1.54) is 14.2 Å². The number of fused-ring (bicyclic) bond motifs is 2. The number of hydrogen-bond donors (Lipinski definition) is 1. The summed E-state index contributed by atoms with van der Waals surface area (Å²) in [6.45, 7) is 2.02. The fourth-order valence-electron chi connectivity index (χ4n) is 4.86. The minimum absolute atomic E-state index is 0.146. The minimum Gasteiger partial charge on any atom is -0.493 e. The zero-order chi connectivity index (χ0) is 27.1. The van der Waals surface area contributed by atoms with Gasteiger partial charge in [-0.2, -0.15) is 0 Å². The van der Waals surface area contributed by atoms with E-state index in [9.17, 15) is 9.59 Å². The van der Waals surface area contributed by atoms with Crippen LogP contribution in [0.1, 0.15) is 39.9 Å². The van der Waals surface area contributed by atoms with Gasteiger partial charge in [0.15, 0.2) is 17.3 Å². The van der Waals surface area contributed by atoms with Crippen LogP contribution in [0.3, 0.4) is 0 Å². The van der Waals surface area contributed by atoms with Gasteiger partial charge < -0.3 is 19.5 Å². The van der Waals surface area contributed by atoms with Gasteiger partial charge in [0.05, 0.1) is 41.5 Å². The van der Waals surface area contributed by atoms with Gasteiger partial charge in [0, 0.05) is 26.9 Å². The third-order valence-corrected chi connectivity index (χ3v) is 8.05. The summed E-state index contributed by atoms with van der Waals surface area (Å²) in [5.41, 5.74) is 4.99. The van der Waals surface area contributed by atoms with Crippen molar-refractivity contribution < 1.29 is 23.8 Å². The van der Waals surface area contributed by atoms with Crippen molar-refractivity contribution in [3.8, 4) is 11.5 Å². The molecule has 0 fully saturated rings. The summed E-state index contributed by atoms with van der Waals surface area (Å²) in [7, 11) is 2.86. The van der Waals surface area contributed by atoms with Crippen molar-refractivity contribution in [2.24, 2.45) is 0 Å². The molecule has 1 heterocycles. The summed E-state index contributed by atoms with van der Waals surface area (Å²) < 4.78 is 17.5. The van der Waals surface area contributed by atoms with Gasteiger partial charge in [-0.05, 0) is 42.3 Å². The Bertz CT molecular complexity index is 1560. The van der Waals surface area contributed by atoms with E-state index < -0.39 is 11.9 Å². The molecule has 9 heteroatoms. The Morgan fingerprint density at radius 2 is 1.74 bits per heavy atom. The first kappa shape index (κ1) is 26.4. The van der Waals surface area contributed by atoms with Crippen molar-refractivity contribution >= 4 is 56.6 Å². The first-order valence-electron chi connectivity index (χ1n) is 11.6. The van der Waals surface area contributed by atoms with E-state index in [2.05, 4.69) is 21.2 Å². The van der Waals surface area contributed by atoms with Crippen molar-refractivity contribution in [1.82, 2.24) is 5.32 Å². The van der Waals surface area contributed by atoms with Crippen LogP contribution in [-0.2, 0) is 16.1 Å². The Hall–Kier alpha value is -3.26. The highest BCUT2D eigenvalue weighted by atomic mass is 79.9. The second-order valence-electron chi connectivity index (χ2n) is 8.81. The van der Waals surface area contributed by atoms with Gasteiger partial charge in [-0.25, -0.2) is 4.79 Å². The molecular weight excluding hydrogens is 593 g/mol. The highest BCUT2D eigenvalue weighted by Crippen LogP contribution is 2.50.